The molecule has 0 fully saturated rings. The maximum Gasteiger partial charge on any atom is 0.263 e. The van der Waals surface area contributed by atoms with Crippen LogP contribution in [0.2, 0.25) is 10.0 Å². The molecule has 4 aromatic rings. The lowest BCUT2D eigenvalue weighted by atomic mass is 10.1. The SMILES string of the molecule is Cc1cc(Oc2ccc(NC(=S)NC(=O)c3c(F)cccc3F)cc2)c(C)c(Cl)c1[S+]([O-])c1ccc(Cl)cc1. The summed E-state index contributed by atoms with van der Waals surface area (Å²) in [4.78, 5) is 13.3. The molecule has 0 heterocycles. The van der Waals surface area contributed by atoms with Crippen LogP contribution in [0.4, 0.5) is 14.5 Å². The van der Waals surface area contributed by atoms with Gasteiger partial charge in [0.2, 0.25) is 0 Å². The van der Waals surface area contributed by atoms with Crippen molar-refractivity contribution < 1.29 is 22.9 Å². The number of aryl methyl sites for hydroxylation is 1. The summed E-state index contributed by atoms with van der Waals surface area (Å²) in [6, 6.07) is 18.2. The Morgan fingerprint density at radius 2 is 1.59 bits per heavy atom. The standard InChI is InChI=1S/C28H20Cl2F2N2O3S2/c1-15-14-23(16(2)25(30)26(15)39(36)20-12-6-17(29)7-13-20)37-19-10-8-18(9-11-19)33-28(38)34-27(35)24-21(31)4-3-5-22(24)32/h3-14H,1-2H3,(H2,33,34,35,38). The smallest absolute Gasteiger partial charge is 0.263 e. The lowest BCUT2D eigenvalue weighted by Gasteiger charge is -2.18. The summed E-state index contributed by atoms with van der Waals surface area (Å²) in [5, 5.41) is 5.77. The van der Waals surface area contributed by atoms with E-state index in [4.69, 9.17) is 40.2 Å². The molecule has 4 rings (SSSR count). The highest BCUT2D eigenvalue weighted by Gasteiger charge is 2.25. The summed E-state index contributed by atoms with van der Waals surface area (Å²) in [5.41, 5.74) is 1.09. The normalized spacial score (nSPS) is 11.6. The Hall–Kier alpha value is -3.21. The lowest BCUT2D eigenvalue weighted by Crippen LogP contribution is -2.35. The minimum absolute atomic E-state index is 0.140. The number of thiocarbonyl (C=S) groups is 1. The van der Waals surface area contributed by atoms with E-state index in [2.05, 4.69) is 10.6 Å². The Morgan fingerprint density at radius 1 is 0.974 bits per heavy atom. The Kier molecular flexibility index (Phi) is 9.09. The van der Waals surface area contributed by atoms with E-state index in [9.17, 15) is 18.1 Å². The van der Waals surface area contributed by atoms with E-state index in [1.54, 1.807) is 68.4 Å². The van der Waals surface area contributed by atoms with Gasteiger partial charge in [0.15, 0.2) is 14.9 Å². The highest BCUT2D eigenvalue weighted by atomic mass is 35.5. The fourth-order valence-electron chi connectivity index (χ4n) is 3.61. The van der Waals surface area contributed by atoms with Gasteiger partial charge in [-0.1, -0.05) is 29.3 Å². The average Bonchev–Trinajstić information content (AvgIpc) is 2.88. The topological polar surface area (TPSA) is 73.4 Å². The Balaban J connectivity index is 1.44. The lowest BCUT2D eigenvalue weighted by molar-refractivity contribution is 0.0969. The molecule has 0 aliphatic rings. The van der Waals surface area contributed by atoms with Crippen LogP contribution < -0.4 is 15.4 Å². The van der Waals surface area contributed by atoms with Crippen molar-refractivity contribution >= 4 is 63.3 Å². The zero-order valence-corrected chi connectivity index (χ0v) is 23.6. The number of amides is 1. The van der Waals surface area contributed by atoms with Gasteiger partial charge in [-0.15, -0.1) is 0 Å². The Bertz CT molecular complexity index is 1530. The second-order valence-electron chi connectivity index (χ2n) is 8.31. The molecule has 0 aliphatic heterocycles. The van der Waals surface area contributed by atoms with Crippen LogP contribution in [-0.4, -0.2) is 15.6 Å². The third-order valence-electron chi connectivity index (χ3n) is 5.57. The van der Waals surface area contributed by atoms with Crippen molar-refractivity contribution in [2.24, 2.45) is 0 Å². The number of hydrogen-bond acceptors (Lipinski definition) is 4. The van der Waals surface area contributed by atoms with Crippen LogP contribution in [0.1, 0.15) is 21.5 Å². The third-order valence-corrected chi connectivity index (χ3v) is 8.21. The molecule has 0 spiro atoms. The number of rotatable bonds is 6. The molecule has 200 valence electrons. The monoisotopic (exact) mass is 604 g/mol. The molecular weight excluding hydrogens is 585 g/mol. The summed E-state index contributed by atoms with van der Waals surface area (Å²) in [7, 11) is 0. The fraction of sp³-hybridized carbons (Fsp3) is 0.0714. The van der Waals surface area contributed by atoms with Crippen LogP contribution in [0.5, 0.6) is 11.5 Å². The van der Waals surface area contributed by atoms with Crippen molar-refractivity contribution in [1.29, 1.82) is 0 Å². The number of carbonyl (C=O) groups is 1. The number of hydrogen-bond donors (Lipinski definition) is 2. The first kappa shape index (κ1) is 28.8. The molecule has 0 saturated heterocycles. The van der Waals surface area contributed by atoms with Gasteiger partial charge in [-0.05, 0) is 92.8 Å². The number of nitrogens with one attached hydrogen (secondary N) is 2. The molecule has 2 N–H and O–H groups in total. The number of ether oxygens (including phenoxy) is 1. The van der Waals surface area contributed by atoms with E-state index in [1.807, 2.05) is 0 Å². The molecule has 1 unspecified atom stereocenters. The van der Waals surface area contributed by atoms with Gasteiger partial charge in [-0.3, -0.25) is 10.1 Å². The van der Waals surface area contributed by atoms with Crippen molar-refractivity contribution in [2.75, 3.05) is 5.32 Å². The number of carbonyl (C=O) groups excluding carboxylic acids is 1. The zero-order valence-electron chi connectivity index (χ0n) is 20.5. The summed E-state index contributed by atoms with van der Waals surface area (Å²) >= 11 is 16.2. The minimum Gasteiger partial charge on any atom is -0.606 e. The molecule has 1 amide bonds. The van der Waals surface area contributed by atoms with E-state index in [1.165, 1.54) is 0 Å². The van der Waals surface area contributed by atoms with Gasteiger partial charge < -0.3 is 14.6 Å². The minimum atomic E-state index is -1.51. The van der Waals surface area contributed by atoms with Gasteiger partial charge in [-0.25, -0.2) is 8.78 Å². The van der Waals surface area contributed by atoms with E-state index in [-0.39, 0.29) is 5.11 Å². The average molecular weight is 606 g/mol. The highest BCUT2D eigenvalue weighted by molar-refractivity contribution is 7.91. The number of anilines is 1. The Labute approximate surface area is 242 Å². The molecule has 0 aliphatic carbocycles. The fourth-order valence-corrected chi connectivity index (χ4v) is 5.68. The van der Waals surface area contributed by atoms with Crippen molar-refractivity contribution in [1.82, 2.24) is 5.32 Å². The number of benzene rings is 4. The summed E-state index contributed by atoms with van der Waals surface area (Å²) in [5.74, 6) is -2.02. The summed E-state index contributed by atoms with van der Waals surface area (Å²) in [6.45, 7) is 3.58. The van der Waals surface area contributed by atoms with Crippen molar-refractivity contribution in [3.8, 4) is 11.5 Å². The molecule has 5 nitrogen and oxygen atoms in total. The van der Waals surface area contributed by atoms with Gasteiger partial charge in [-0.2, -0.15) is 0 Å². The van der Waals surface area contributed by atoms with E-state index in [0.717, 1.165) is 18.2 Å². The van der Waals surface area contributed by atoms with E-state index >= 15 is 0 Å². The third kappa shape index (κ3) is 6.69. The molecule has 0 saturated carbocycles. The van der Waals surface area contributed by atoms with Crippen molar-refractivity contribution in [3.63, 3.8) is 0 Å². The zero-order chi connectivity index (χ0) is 28.3. The molecule has 0 aromatic heterocycles. The largest absolute Gasteiger partial charge is 0.606 e. The summed E-state index contributed by atoms with van der Waals surface area (Å²) < 4.78 is 46.9. The molecule has 0 bridgehead atoms. The van der Waals surface area contributed by atoms with Gasteiger partial charge in [0, 0.05) is 33.0 Å². The number of halogens is 4. The van der Waals surface area contributed by atoms with Crippen molar-refractivity contribution in [2.45, 2.75) is 23.6 Å². The van der Waals surface area contributed by atoms with E-state index < -0.39 is 34.3 Å². The van der Waals surface area contributed by atoms with Crippen LogP contribution in [-0.2, 0) is 11.2 Å². The maximum absolute atomic E-state index is 13.8. The van der Waals surface area contributed by atoms with Crippen LogP contribution in [0.15, 0.2) is 82.6 Å². The van der Waals surface area contributed by atoms with Crippen LogP contribution in [0.3, 0.4) is 0 Å². The Morgan fingerprint density at radius 3 is 2.21 bits per heavy atom. The highest BCUT2D eigenvalue weighted by Crippen LogP contribution is 2.39. The van der Waals surface area contributed by atoms with E-state index in [0.29, 0.717) is 48.1 Å². The van der Waals surface area contributed by atoms with Gasteiger partial charge in [0.25, 0.3) is 5.91 Å². The van der Waals surface area contributed by atoms with Crippen LogP contribution in [0, 0.1) is 25.5 Å². The van der Waals surface area contributed by atoms with Gasteiger partial charge in [0.1, 0.15) is 33.7 Å². The van der Waals surface area contributed by atoms with Crippen LogP contribution >= 0.6 is 35.4 Å². The first-order valence-corrected chi connectivity index (χ1v) is 13.7. The molecule has 0 radical (unpaired) electrons. The predicted molar refractivity (Wildman–Crippen MR) is 154 cm³/mol. The molecule has 4 aromatic carbocycles. The van der Waals surface area contributed by atoms with Crippen LogP contribution in [0.25, 0.3) is 0 Å². The quantitative estimate of drug-likeness (QED) is 0.172. The first-order chi connectivity index (χ1) is 18.5. The van der Waals surface area contributed by atoms with Gasteiger partial charge >= 0.3 is 0 Å². The second kappa shape index (κ2) is 12.3. The molecule has 39 heavy (non-hydrogen) atoms. The molecule has 11 heteroatoms. The molecule has 1 atom stereocenters. The first-order valence-electron chi connectivity index (χ1n) is 11.4. The molecular formula is C28H20Cl2F2N2O3S2. The van der Waals surface area contributed by atoms with Gasteiger partial charge in [0.05, 0.1) is 0 Å². The summed E-state index contributed by atoms with van der Waals surface area (Å²) in [6.07, 6.45) is 0. The second-order valence-corrected chi connectivity index (χ2v) is 11.0. The predicted octanol–water partition coefficient (Wildman–Crippen LogP) is 7.97. The van der Waals surface area contributed by atoms with Crippen molar-refractivity contribution in [3.05, 3.63) is 111 Å². The maximum atomic E-state index is 13.8.